The summed E-state index contributed by atoms with van der Waals surface area (Å²) in [4.78, 5) is 20.3. The van der Waals surface area contributed by atoms with Crippen LogP contribution >= 0.6 is 0 Å². The van der Waals surface area contributed by atoms with Gasteiger partial charge in [-0.3, -0.25) is 14.7 Å². The lowest BCUT2D eigenvalue weighted by Gasteiger charge is -2.33. The zero-order valence-electron chi connectivity index (χ0n) is 17.0. The van der Waals surface area contributed by atoms with Crippen LogP contribution < -0.4 is 9.47 Å². The number of methoxy groups -OCH3 is 1. The van der Waals surface area contributed by atoms with E-state index in [1.54, 1.807) is 13.3 Å². The van der Waals surface area contributed by atoms with Crippen molar-refractivity contribution in [1.29, 1.82) is 5.26 Å². The number of alkyl halides is 1. The summed E-state index contributed by atoms with van der Waals surface area (Å²) in [6.45, 7) is 1.67. The molecule has 30 heavy (non-hydrogen) atoms. The molecule has 2 aliphatic heterocycles. The minimum atomic E-state index is -1.11. The van der Waals surface area contributed by atoms with E-state index in [4.69, 9.17) is 14.7 Å². The van der Waals surface area contributed by atoms with Gasteiger partial charge in [-0.2, -0.15) is 5.26 Å². The van der Waals surface area contributed by atoms with Crippen molar-refractivity contribution in [3.63, 3.8) is 0 Å². The third kappa shape index (κ3) is 4.31. The Bertz CT molecular complexity index is 955. The van der Waals surface area contributed by atoms with Gasteiger partial charge in [0.25, 0.3) is 0 Å². The van der Waals surface area contributed by atoms with Gasteiger partial charge in [0, 0.05) is 31.1 Å². The van der Waals surface area contributed by atoms with Gasteiger partial charge in [-0.05, 0) is 37.1 Å². The van der Waals surface area contributed by atoms with Crippen LogP contribution in [0.1, 0.15) is 19.3 Å². The highest BCUT2D eigenvalue weighted by Crippen LogP contribution is 2.30. The molecule has 8 heteroatoms. The minimum absolute atomic E-state index is 0.0230. The predicted molar refractivity (Wildman–Crippen MR) is 109 cm³/mol. The Kier molecular flexibility index (Phi) is 6.00. The molecule has 1 amide bonds. The molecule has 1 aromatic carbocycles. The number of nitriles is 1. The molecule has 2 aromatic rings. The van der Waals surface area contributed by atoms with Gasteiger partial charge in [-0.15, -0.1) is 0 Å². The SMILES string of the molecule is COc1ccc2nccc(OC3CCN(CC(=O)N4CC(F)CC4C#N)CC3)c2c1. The molecule has 7 nitrogen and oxygen atoms in total. The molecule has 2 aliphatic rings. The van der Waals surface area contributed by atoms with E-state index < -0.39 is 12.2 Å². The van der Waals surface area contributed by atoms with Crippen molar-refractivity contribution in [3.8, 4) is 17.6 Å². The van der Waals surface area contributed by atoms with Gasteiger partial charge in [0.2, 0.25) is 5.91 Å². The van der Waals surface area contributed by atoms with Crippen molar-refractivity contribution < 1.29 is 18.7 Å². The number of likely N-dealkylation sites (tertiary alicyclic amines) is 2. The third-order valence-corrected chi connectivity index (χ3v) is 5.82. The molecule has 2 fully saturated rings. The topological polar surface area (TPSA) is 78.7 Å². The molecule has 0 saturated carbocycles. The van der Waals surface area contributed by atoms with E-state index >= 15 is 0 Å². The van der Waals surface area contributed by atoms with E-state index in [1.165, 1.54) is 4.90 Å². The molecule has 0 radical (unpaired) electrons. The van der Waals surface area contributed by atoms with Gasteiger partial charge in [-0.25, -0.2) is 4.39 Å². The number of aromatic nitrogens is 1. The Hall–Kier alpha value is -2.92. The predicted octanol–water partition coefficient (Wildman–Crippen LogP) is 2.55. The van der Waals surface area contributed by atoms with Crippen LogP contribution in [0.25, 0.3) is 10.9 Å². The third-order valence-electron chi connectivity index (χ3n) is 5.82. The Morgan fingerprint density at radius 3 is 2.87 bits per heavy atom. The summed E-state index contributed by atoms with van der Waals surface area (Å²) in [5, 5.41) is 10.0. The summed E-state index contributed by atoms with van der Waals surface area (Å²) in [7, 11) is 1.63. The molecule has 2 saturated heterocycles. The molecule has 0 aliphatic carbocycles. The molecular weight excluding hydrogens is 387 g/mol. The lowest BCUT2D eigenvalue weighted by atomic mass is 10.1. The van der Waals surface area contributed by atoms with Crippen molar-refractivity contribution in [1.82, 2.24) is 14.8 Å². The maximum absolute atomic E-state index is 13.6. The van der Waals surface area contributed by atoms with Gasteiger partial charge in [0.15, 0.2) is 0 Å². The second-order valence-corrected chi connectivity index (χ2v) is 7.81. The molecule has 0 N–H and O–H groups in total. The number of hydrogen-bond acceptors (Lipinski definition) is 6. The highest BCUT2D eigenvalue weighted by Gasteiger charge is 2.36. The van der Waals surface area contributed by atoms with Crippen molar-refractivity contribution >= 4 is 16.8 Å². The summed E-state index contributed by atoms with van der Waals surface area (Å²) >= 11 is 0. The number of amides is 1. The van der Waals surface area contributed by atoms with Gasteiger partial charge in [-0.1, -0.05) is 0 Å². The van der Waals surface area contributed by atoms with E-state index in [-0.39, 0.29) is 31.5 Å². The summed E-state index contributed by atoms with van der Waals surface area (Å²) in [6.07, 6.45) is 2.36. The zero-order valence-corrected chi connectivity index (χ0v) is 17.0. The van der Waals surface area contributed by atoms with E-state index in [2.05, 4.69) is 9.88 Å². The lowest BCUT2D eigenvalue weighted by molar-refractivity contribution is -0.133. The summed E-state index contributed by atoms with van der Waals surface area (Å²) in [5.41, 5.74) is 0.847. The number of carbonyl (C=O) groups is 1. The first kappa shape index (κ1) is 20.4. The maximum Gasteiger partial charge on any atom is 0.237 e. The minimum Gasteiger partial charge on any atom is -0.497 e. The van der Waals surface area contributed by atoms with Crippen molar-refractivity contribution in [2.75, 3.05) is 33.3 Å². The van der Waals surface area contributed by atoms with E-state index in [0.29, 0.717) is 13.1 Å². The van der Waals surface area contributed by atoms with Gasteiger partial charge >= 0.3 is 0 Å². The molecule has 158 valence electrons. The summed E-state index contributed by atoms with van der Waals surface area (Å²) in [5.74, 6) is 1.35. The summed E-state index contributed by atoms with van der Waals surface area (Å²) < 4.78 is 25.2. The Morgan fingerprint density at radius 1 is 1.33 bits per heavy atom. The first-order valence-corrected chi connectivity index (χ1v) is 10.2. The van der Waals surface area contributed by atoms with Crippen molar-refractivity contribution in [3.05, 3.63) is 30.5 Å². The second kappa shape index (κ2) is 8.84. The number of fused-ring (bicyclic) bond motifs is 1. The highest BCUT2D eigenvalue weighted by atomic mass is 19.1. The number of hydrogen-bond donors (Lipinski definition) is 0. The number of benzene rings is 1. The number of rotatable bonds is 5. The molecular formula is C22H25FN4O3. The molecule has 2 unspecified atom stereocenters. The molecule has 3 heterocycles. The standard InChI is InChI=1S/C22H25FN4O3/c1-29-18-2-3-20-19(11-18)21(4-7-25-20)30-17-5-8-26(9-6-17)14-22(28)27-13-15(23)10-16(27)12-24/h2-4,7,11,15-17H,5-6,8-10,13-14H2,1H3. The Labute approximate surface area is 175 Å². The average Bonchev–Trinajstić information content (AvgIpc) is 3.16. The highest BCUT2D eigenvalue weighted by molar-refractivity contribution is 5.86. The Morgan fingerprint density at radius 2 is 2.13 bits per heavy atom. The van der Waals surface area contributed by atoms with Crippen molar-refractivity contribution in [2.24, 2.45) is 0 Å². The smallest absolute Gasteiger partial charge is 0.237 e. The van der Waals surface area contributed by atoms with Crippen LogP contribution in [0.2, 0.25) is 0 Å². The van der Waals surface area contributed by atoms with Gasteiger partial charge in [0.1, 0.15) is 29.8 Å². The number of piperidine rings is 1. The average molecular weight is 412 g/mol. The van der Waals surface area contributed by atoms with Gasteiger partial charge in [0.05, 0.1) is 31.8 Å². The zero-order chi connectivity index (χ0) is 21.1. The number of ether oxygens (including phenoxy) is 2. The normalized spacial score (nSPS) is 22.8. The van der Waals surface area contributed by atoms with Crippen LogP contribution in [0.3, 0.4) is 0 Å². The monoisotopic (exact) mass is 412 g/mol. The van der Waals surface area contributed by atoms with Crippen LogP contribution in [-0.4, -0.2) is 72.3 Å². The van der Waals surface area contributed by atoms with Crippen molar-refractivity contribution in [2.45, 2.75) is 37.6 Å². The molecule has 2 atom stereocenters. The molecule has 0 bridgehead atoms. The fourth-order valence-corrected chi connectivity index (χ4v) is 4.16. The molecule has 1 aromatic heterocycles. The van der Waals surface area contributed by atoms with E-state index in [0.717, 1.165) is 35.2 Å². The van der Waals surface area contributed by atoms with Gasteiger partial charge < -0.3 is 14.4 Å². The molecule has 4 rings (SSSR count). The fraction of sp³-hybridized carbons (Fsp3) is 0.500. The number of halogens is 1. The van der Waals surface area contributed by atoms with E-state index in [1.807, 2.05) is 30.3 Å². The quantitative estimate of drug-likeness (QED) is 0.751. The van der Waals surface area contributed by atoms with Crippen LogP contribution in [0, 0.1) is 11.3 Å². The van der Waals surface area contributed by atoms with Crippen LogP contribution in [0.5, 0.6) is 11.5 Å². The van der Waals surface area contributed by atoms with Crippen LogP contribution in [0.4, 0.5) is 4.39 Å². The first-order valence-electron chi connectivity index (χ1n) is 10.2. The largest absolute Gasteiger partial charge is 0.497 e. The summed E-state index contributed by atoms with van der Waals surface area (Å²) in [6, 6.07) is 8.95. The fourth-order valence-electron chi connectivity index (χ4n) is 4.16. The number of pyridine rings is 1. The number of nitrogens with zero attached hydrogens (tertiary/aromatic N) is 4. The Balaban J connectivity index is 1.34. The first-order chi connectivity index (χ1) is 14.6. The second-order valence-electron chi connectivity index (χ2n) is 7.81. The van der Waals surface area contributed by atoms with E-state index in [9.17, 15) is 9.18 Å². The van der Waals surface area contributed by atoms with Crippen LogP contribution in [-0.2, 0) is 4.79 Å². The maximum atomic E-state index is 13.6. The lowest BCUT2D eigenvalue weighted by Crippen LogP contribution is -2.46. The number of carbonyl (C=O) groups excluding carboxylic acids is 1. The van der Waals surface area contributed by atoms with Crippen LogP contribution in [0.15, 0.2) is 30.5 Å². The molecule has 0 spiro atoms.